The third-order valence-corrected chi connectivity index (χ3v) is 11.2. The van der Waals surface area contributed by atoms with Crippen molar-refractivity contribution < 1.29 is 52.2 Å². The summed E-state index contributed by atoms with van der Waals surface area (Å²) in [7, 11) is 0. The third kappa shape index (κ3) is 9.18. The number of phenols is 1. The Kier molecular flexibility index (Phi) is 7.39. The van der Waals surface area contributed by atoms with Gasteiger partial charge in [-0.1, -0.05) is 184 Å². The Morgan fingerprint density at radius 2 is 1.28 bits per heavy atom. The summed E-state index contributed by atoms with van der Waals surface area (Å²) in [6, 6.07) is 24.0. The molecular weight excluding hydrogens is 962 g/mol. The zero-order chi connectivity index (χ0) is 61.3. The number of phenolic OH excluding ortho intramolecular Hbond substituents is 1. The molecule has 2 aromatic heterocycles. The van der Waals surface area contributed by atoms with E-state index in [1.54, 1.807) is 59.2 Å². The van der Waals surface area contributed by atoms with Crippen LogP contribution in [0.25, 0.3) is 72.7 Å². The van der Waals surface area contributed by atoms with Crippen LogP contribution in [0.3, 0.4) is 0 Å². The van der Waals surface area contributed by atoms with E-state index in [0.29, 0.717) is 44.5 Å². The van der Waals surface area contributed by atoms with Crippen LogP contribution in [0.2, 0.25) is 0 Å². The van der Waals surface area contributed by atoms with Crippen LogP contribution in [0.1, 0.15) is 137 Å². The molecule has 0 aliphatic rings. The van der Waals surface area contributed by atoms with E-state index in [9.17, 15) is 6.48 Å². The van der Waals surface area contributed by atoms with E-state index in [4.69, 9.17) is 29.7 Å². The van der Waals surface area contributed by atoms with Crippen molar-refractivity contribution in [3.63, 3.8) is 0 Å². The number of pyridine rings is 1. The number of para-hydroxylation sites is 1. The van der Waals surface area contributed by atoms with Gasteiger partial charge in [0.15, 0.2) is 0 Å². The summed E-state index contributed by atoms with van der Waals surface area (Å²) in [5, 5.41) is 12.7. The Morgan fingerprint density at radius 3 is 1.94 bits per heavy atom. The molecule has 64 heavy (non-hydrogen) atoms. The van der Waals surface area contributed by atoms with Crippen molar-refractivity contribution in [3.8, 4) is 67.5 Å². The minimum atomic E-state index is -3.58. The molecule has 0 radical (unpaired) electrons. The SMILES string of the molecule is [2H]c1nc(-c2[c-]c(-c3cccc4c3nc(-c3cc(C(C)(C)C)cc(C(C)(C)C)c3O)n4-c3ccc(C(C([2H])([2H])[2H])(C([2H])([2H])[2H])C([2H])([2H])[2H])cc3-c3ccccc3)cc(C(C)(C)C)c2)c([2H])c(-c2c([2H])c([2H])c(C([2H])([2H])[2H])c([2H])c2[2H])c1[2H].[Pt]. The van der Waals surface area contributed by atoms with E-state index in [0.717, 1.165) is 5.56 Å². The van der Waals surface area contributed by atoms with Crippen molar-refractivity contribution in [1.29, 1.82) is 0 Å². The van der Waals surface area contributed by atoms with E-state index in [1.807, 2.05) is 80.5 Å². The van der Waals surface area contributed by atoms with Crippen molar-refractivity contribution in [2.45, 2.75) is 111 Å². The second-order valence-corrected chi connectivity index (χ2v) is 19.1. The Morgan fingerprint density at radius 1 is 0.609 bits per heavy atom. The van der Waals surface area contributed by atoms with Crippen LogP contribution < -0.4 is 0 Å². The number of imidazole rings is 1. The summed E-state index contributed by atoms with van der Waals surface area (Å²) in [4.78, 5) is 9.79. The number of hydrogen-bond donors (Lipinski definition) is 1. The fraction of sp³-hybridized carbons (Fsp3) is 0.288. The topological polar surface area (TPSA) is 50.9 Å². The minimum absolute atomic E-state index is 0. The molecule has 0 spiro atoms. The Hall–Kier alpha value is -5.57. The van der Waals surface area contributed by atoms with Crippen LogP contribution in [0.4, 0.5) is 0 Å². The Labute approximate surface area is 422 Å². The smallest absolute Gasteiger partial charge is 0.148 e. The normalized spacial score (nSPS) is 17.5. The number of hydrogen-bond acceptors (Lipinski definition) is 3. The third-order valence-electron chi connectivity index (χ3n) is 11.2. The molecule has 4 nitrogen and oxygen atoms in total. The monoisotopic (exact) mass is 1040 g/mol. The molecule has 0 aliphatic heterocycles. The van der Waals surface area contributed by atoms with Crippen LogP contribution in [0.5, 0.6) is 5.75 Å². The quantitative estimate of drug-likeness (QED) is 0.169. The number of fused-ring (bicyclic) bond motifs is 1. The molecule has 0 unspecified atom stereocenters. The number of benzene rings is 6. The molecular formula is C59H62N3OPt-. The molecule has 0 bridgehead atoms. The molecule has 0 aliphatic carbocycles. The molecule has 0 atom stereocenters. The molecule has 5 heteroatoms. The number of aromatic nitrogens is 3. The van der Waals surface area contributed by atoms with Gasteiger partial charge in [0.25, 0.3) is 0 Å². The summed E-state index contributed by atoms with van der Waals surface area (Å²) in [6.45, 7) is 4.01. The van der Waals surface area contributed by atoms with E-state index < -0.39 is 114 Å². The van der Waals surface area contributed by atoms with E-state index in [2.05, 4.69) is 11.1 Å². The molecule has 0 saturated heterocycles. The Bertz CT molecular complexity index is 3790. The fourth-order valence-corrected chi connectivity index (χ4v) is 7.65. The predicted molar refractivity (Wildman–Crippen MR) is 266 cm³/mol. The Balaban J connectivity index is 0.00000990. The van der Waals surface area contributed by atoms with Gasteiger partial charge in [-0.2, -0.15) is 0 Å². The van der Waals surface area contributed by atoms with Gasteiger partial charge in [0.2, 0.25) is 0 Å². The maximum atomic E-state index is 12.7. The maximum absolute atomic E-state index is 12.7. The van der Waals surface area contributed by atoms with Gasteiger partial charge < -0.3 is 5.11 Å². The van der Waals surface area contributed by atoms with E-state index >= 15 is 0 Å². The molecule has 0 saturated carbocycles. The van der Waals surface area contributed by atoms with Gasteiger partial charge in [-0.05, 0) is 86.6 Å². The van der Waals surface area contributed by atoms with Crippen molar-refractivity contribution >= 4 is 11.0 Å². The number of rotatable bonds is 6. The first-order valence-electron chi connectivity index (χ1n) is 30.2. The molecule has 8 aromatic rings. The summed E-state index contributed by atoms with van der Waals surface area (Å²) in [5.74, 6) is 0.0754. The van der Waals surface area contributed by atoms with Crippen LogP contribution in [0, 0.1) is 12.9 Å². The van der Waals surface area contributed by atoms with Gasteiger partial charge in [0.1, 0.15) is 11.6 Å². The molecule has 0 fully saturated rings. The van der Waals surface area contributed by atoms with Crippen molar-refractivity contribution in [3.05, 3.63) is 167 Å². The molecule has 2 heterocycles. The molecule has 0 amide bonds. The van der Waals surface area contributed by atoms with Gasteiger partial charge in [0, 0.05) is 60.5 Å². The van der Waals surface area contributed by atoms with Crippen molar-refractivity contribution in [2.75, 3.05) is 0 Å². The summed E-state index contributed by atoms with van der Waals surface area (Å²) in [6.07, 6.45) is -0.680. The van der Waals surface area contributed by atoms with E-state index in [-0.39, 0.29) is 55.0 Å². The second-order valence-electron chi connectivity index (χ2n) is 19.1. The fourth-order valence-electron chi connectivity index (χ4n) is 7.65. The van der Waals surface area contributed by atoms with Gasteiger partial charge in [0.05, 0.1) is 31.9 Å². The second kappa shape index (κ2) is 17.1. The first kappa shape index (κ1) is 27.7. The average Bonchev–Trinajstić information content (AvgIpc) is 3.95. The van der Waals surface area contributed by atoms with Crippen LogP contribution >= 0.6 is 0 Å². The first-order chi connectivity index (χ1) is 37.5. The number of nitrogens with zero attached hydrogens (tertiary/aromatic N) is 3. The van der Waals surface area contributed by atoms with Crippen LogP contribution in [-0.4, -0.2) is 19.6 Å². The van der Waals surface area contributed by atoms with E-state index in [1.165, 1.54) is 18.2 Å². The summed E-state index contributed by atoms with van der Waals surface area (Å²) >= 11 is 0. The first-order valence-corrected chi connectivity index (χ1v) is 20.7. The van der Waals surface area contributed by atoms with Gasteiger partial charge >= 0.3 is 0 Å². The molecule has 330 valence electrons. The van der Waals surface area contributed by atoms with Gasteiger partial charge in [-0.25, -0.2) is 4.98 Å². The van der Waals surface area contributed by atoms with Crippen molar-refractivity contribution in [1.82, 2.24) is 14.5 Å². The van der Waals surface area contributed by atoms with Crippen molar-refractivity contribution in [2.24, 2.45) is 0 Å². The predicted octanol–water partition coefficient (Wildman–Crippen LogP) is 15.8. The number of aromatic hydroxyl groups is 1. The minimum Gasteiger partial charge on any atom is -0.507 e. The zero-order valence-electron chi connectivity index (χ0n) is 56.3. The largest absolute Gasteiger partial charge is 0.507 e. The molecule has 8 rings (SSSR count). The zero-order valence-corrected chi connectivity index (χ0v) is 39.5. The summed E-state index contributed by atoms with van der Waals surface area (Å²) in [5.41, 5.74) is -2.69. The maximum Gasteiger partial charge on any atom is 0.148 e. The molecule has 6 aromatic carbocycles. The van der Waals surface area contributed by atoms with Crippen LogP contribution in [-0.2, 0) is 42.7 Å². The standard InChI is InChI=1S/C59H62N3O.Pt/c1-37-22-24-38(25-23-37)40-28-29-60-50(33-40)42-30-41(31-44(32-42)57(5,6)7)46-20-17-21-52-53(46)61-55(48-35-45(58(8,9)10)36-49(54(48)63)59(11,12)13)62(52)51-27-26-43(56(2,3)4)34-47(51)39-18-15-14-16-19-39;/h14-29,31-36,63H,1-13H3;/q-1;/i1D3,2D3,3D3,4D3,22D,23D,24D,25D,28D,29D,33D;. The van der Waals surface area contributed by atoms with Gasteiger partial charge in [-0.15, -0.1) is 29.3 Å². The average molecular weight is 1040 g/mol. The van der Waals surface area contributed by atoms with Crippen LogP contribution in [0.15, 0.2) is 133 Å². The molecule has 1 N–H and O–H groups in total. The summed E-state index contributed by atoms with van der Waals surface area (Å²) < 4.78 is 166. The van der Waals surface area contributed by atoms with Gasteiger partial charge in [-0.3, -0.25) is 9.55 Å².